The molecule has 0 unspecified atom stereocenters. The predicted molar refractivity (Wildman–Crippen MR) is 70.6 cm³/mol. The van der Waals surface area contributed by atoms with Gasteiger partial charge in [0.2, 0.25) is 5.16 Å². The average Bonchev–Trinajstić information content (AvgIpc) is 3.10. The molecular weight excluding hydrogens is 258 g/mol. The third kappa shape index (κ3) is 2.61. The van der Waals surface area contributed by atoms with Crippen LogP contribution in [-0.4, -0.2) is 20.2 Å². The van der Waals surface area contributed by atoms with E-state index in [1.54, 1.807) is 11.8 Å². The number of benzene rings is 1. The molecule has 0 aliphatic heterocycles. The first-order valence-corrected chi connectivity index (χ1v) is 7.14. The van der Waals surface area contributed by atoms with Crippen LogP contribution in [0, 0.1) is 11.3 Å². The molecule has 5 nitrogen and oxygen atoms in total. The van der Waals surface area contributed by atoms with E-state index in [0.29, 0.717) is 11.6 Å². The van der Waals surface area contributed by atoms with Crippen LogP contribution in [0.1, 0.15) is 37.3 Å². The largest absolute Gasteiger partial charge is 0.217 e. The van der Waals surface area contributed by atoms with Gasteiger partial charge >= 0.3 is 0 Å². The summed E-state index contributed by atoms with van der Waals surface area (Å²) in [7, 11) is 0. The highest BCUT2D eigenvalue weighted by Gasteiger charge is 2.21. The molecule has 0 bridgehead atoms. The van der Waals surface area contributed by atoms with E-state index < -0.39 is 0 Å². The zero-order chi connectivity index (χ0) is 13.1. The highest BCUT2D eigenvalue weighted by molar-refractivity contribution is 7.99. The summed E-state index contributed by atoms with van der Waals surface area (Å²) in [5.41, 5.74) is 0.666. The molecule has 96 valence electrons. The third-order valence-corrected chi connectivity index (χ3v) is 4.28. The Labute approximate surface area is 115 Å². The Balaban J connectivity index is 1.79. The molecule has 1 aliphatic carbocycles. The number of rotatable bonds is 3. The van der Waals surface area contributed by atoms with Gasteiger partial charge in [-0.3, -0.25) is 0 Å². The molecule has 0 atom stereocenters. The predicted octanol–water partition coefficient (Wildman–Crippen LogP) is 2.81. The molecule has 1 saturated carbocycles. The Morgan fingerprint density at radius 3 is 2.63 bits per heavy atom. The van der Waals surface area contributed by atoms with Gasteiger partial charge in [-0.25, -0.2) is 4.68 Å². The number of aromatic nitrogens is 4. The minimum Gasteiger partial charge on any atom is -0.217 e. The Kier molecular flexibility index (Phi) is 3.47. The molecule has 3 rings (SSSR count). The smallest absolute Gasteiger partial charge is 0.214 e. The number of hydrogen-bond donors (Lipinski definition) is 0. The van der Waals surface area contributed by atoms with E-state index >= 15 is 0 Å². The van der Waals surface area contributed by atoms with Gasteiger partial charge in [-0.15, -0.1) is 5.10 Å². The van der Waals surface area contributed by atoms with Crippen LogP contribution in [0.3, 0.4) is 0 Å². The Morgan fingerprint density at radius 2 is 1.95 bits per heavy atom. The molecule has 1 aliphatic rings. The minimum absolute atomic E-state index is 0.441. The molecule has 0 spiro atoms. The molecule has 6 heteroatoms. The summed E-state index contributed by atoms with van der Waals surface area (Å²) >= 11 is 1.54. The van der Waals surface area contributed by atoms with Gasteiger partial charge in [0, 0.05) is 4.90 Å². The van der Waals surface area contributed by atoms with Crippen molar-refractivity contribution in [3.05, 3.63) is 29.8 Å². The molecule has 1 aromatic heterocycles. The second-order valence-corrected chi connectivity index (χ2v) is 5.62. The maximum Gasteiger partial charge on any atom is 0.214 e. The van der Waals surface area contributed by atoms with Crippen molar-refractivity contribution >= 4 is 11.8 Å². The fourth-order valence-corrected chi connectivity index (χ4v) is 3.17. The summed E-state index contributed by atoms with van der Waals surface area (Å²) in [6, 6.07) is 10.0. The fraction of sp³-hybridized carbons (Fsp3) is 0.385. The Bertz CT molecular complexity index is 592. The molecule has 1 fully saturated rings. The Hall–Kier alpha value is -1.87. The van der Waals surface area contributed by atoms with E-state index in [1.165, 1.54) is 12.8 Å². The van der Waals surface area contributed by atoms with Crippen molar-refractivity contribution < 1.29 is 0 Å². The van der Waals surface area contributed by atoms with Gasteiger partial charge in [-0.05, 0) is 59.3 Å². The van der Waals surface area contributed by atoms with Crippen LogP contribution < -0.4 is 0 Å². The maximum absolute atomic E-state index is 8.78. The monoisotopic (exact) mass is 271 g/mol. The van der Waals surface area contributed by atoms with Crippen molar-refractivity contribution in [2.24, 2.45) is 0 Å². The van der Waals surface area contributed by atoms with Gasteiger partial charge in [0.25, 0.3) is 0 Å². The van der Waals surface area contributed by atoms with Gasteiger partial charge in [0.1, 0.15) is 0 Å². The maximum atomic E-state index is 8.78. The van der Waals surface area contributed by atoms with Crippen molar-refractivity contribution in [3.8, 4) is 6.07 Å². The SMILES string of the molecule is N#Cc1ccc(Sc2nnnn2C2CCCC2)cc1. The van der Waals surface area contributed by atoms with E-state index in [1.807, 2.05) is 28.9 Å². The number of hydrogen-bond acceptors (Lipinski definition) is 5. The molecule has 0 saturated heterocycles. The van der Waals surface area contributed by atoms with Crippen molar-refractivity contribution in [2.75, 3.05) is 0 Å². The molecular formula is C13H13N5S. The van der Waals surface area contributed by atoms with Crippen LogP contribution in [0.5, 0.6) is 0 Å². The van der Waals surface area contributed by atoms with Gasteiger partial charge in [-0.1, -0.05) is 12.8 Å². The van der Waals surface area contributed by atoms with Gasteiger partial charge in [0.15, 0.2) is 0 Å². The summed E-state index contributed by atoms with van der Waals surface area (Å²) < 4.78 is 1.94. The van der Waals surface area contributed by atoms with Gasteiger partial charge < -0.3 is 0 Å². The minimum atomic E-state index is 0.441. The van der Waals surface area contributed by atoms with E-state index in [-0.39, 0.29) is 0 Å². The Morgan fingerprint density at radius 1 is 1.21 bits per heavy atom. The second kappa shape index (κ2) is 5.41. The van der Waals surface area contributed by atoms with Gasteiger partial charge in [0.05, 0.1) is 17.7 Å². The summed E-state index contributed by atoms with van der Waals surface area (Å²) in [4.78, 5) is 1.05. The van der Waals surface area contributed by atoms with E-state index in [9.17, 15) is 0 Å². The van der Waals surface area contributed by atoms with Crippen LogP contribution in [0.15, 0.2) is 34.3 Å². The lowest BCUT2D eigenvalue weighted by atomic mass is 10.2. The van der Waals surface area contributed by atoms with E-state index in [4.69, 9.17) is 5.26 Å². The lowest BCUT2D eigenvalue weighted by Gasteiger charge is -2.10. The molecule has 1 heterocycles. The molecule has 1 aromatic carbocycles. The molecule has 0 N–H and O–H groups in total. The summed E-state index contributed by atoms with van der Waals surface area (Å²) in [6.45, 7) is 0. The van der Waals surface area contributed by atoms with E-state index in [0.717, 1.165) is 22.9 Å². The molecule has 0 radical (unpaired) electrons. The molecule has 19 heavy (non-hydrogen) atoms. The quantitative estimate of drug-likeness (QED) is 0.858. The summed E-state index contributed by atoms with van der Waals surface area (Å²) in [6.07, 6.45) is 4.83. The summed E-state index contributed by atoms with van der Waals surface area (Å²) in [5.74, 6) is 0. The van der Waals surface area contributed by atoms with Gasteiger partial charge in [-0.2, -0.15) is 5.26 Å². The zero-order valence-corrected chi connectivity index (χ0v) is 11.2. The highest BCUT2D eigenvalue weighted by Crippen LogP contribution is 2.33. The number of nitriles is 1. The first-order chi connectivity index (χ1) is 9.36. The van der Waals surface area contributed by atoms with Crippen LogP contribution in [0.25, 0.3) is 0 Å². The summed E-state index contributed by atoms with van der Waals surface area (Å²) in [5, 5.41) is 21.6. The second-order valence-electron chi connectivity index (χ2n) is 4.58. The lowest BCUT2D eigenvalue weighted by molar-refractivity contribution is 0.423. The molecule has 2 aromatic rings. The van der Waals surface area contributed by atoms with Crippen LogP contribution in [0.4, 0.5) is 0 Å². The van der Waals surface area contributed by atoms with Crippen molar-refractivity contribution in [1.82, 2.24) is 20.2 Å². The van der Waals surface area contributed by atoms with Crippen LogP contribution >= 0.6 is 11.8 Å². The van der Waals surface area contributed by atoms with Crippen LogP contribution in [-0.2, 0) is 0 Å². The third-order valence-electron chi connectivity index (χ3n) is 3.33. The first-order valence-electron chi connectivity index (χ1n) is 6.33. The normalized spacial score (nSPS) is 15.5. The fourth-order valence-electron chi connectivity index (χ4n) is 2.33. The van der Waals surface area contributed by atoms with Crippen molar-refractivity contribution in [1.29, 1.82) is 5.26 Å². The number of nitrogens with zero attached hydrogens (tertiary/aromatic N) is 5. The first kappa shape index (κ1) is 12.2. The van der Waals surface area contributed by atoms with Crippen molar-refractivity contribution in [2.45, 2.75) is 41.8 Å². The standard InChI is InChI=1S/C13H13N5S/c14-9-10-5-7-12(8-6-10)19-13-15-16-17-18(13)11-3-1-2-4-11/h5-8,11H,1-4H2. The molecule has 0 amide bonds. The topological polar surface area (TPSA) is 67.4 Å². The van der Waals surface area contributed by atoms with E-state index in [2.05, 4.69) is 21.6 Å². The van der Waals surface area contributed by atoms with Crippen molar-refractivity contribution in [3.63, 3.8) is 0 Å². The highest BCUT2D eigenvalue weighted by atomic mass is 32.2. The average molecular weight is 271 g/mol. The zero-order valence-electron chi connectivity index (χ0n) is 10.4. The number of tetrazole rings is 1. The van der Waals surface area contributed by atoms with Crippen LogP contribution in [0.2, 0.25) is 0 Å². The lowest BCUT2D eigenvalue weighted by Crippen LogP contribution is -2.08.